The molecule has 2 aromatic carbocycles. The number of hydrogen-bond acceptors (Lipinski definition) is 4. The summed E-state index contributed by atoms with van der Waals surface area (Å²) in [5, 5.41) is 8.23. The fourth-order valence-corrected chi connectivity index (χ4v) is 4.20. The van der Waals surface area contributed by atoms with Crippen molar-refractivity contribution in [3.63, 3.8) is 0 Å². The van der Waals surface area contributed by atoms with E-state index in [0.717, 1.165) is 30.5 Å². The average molecular weight is 451 g/mol. The number of rotatable bonds is 5. The lowest BCUT2D eigenvalue weighted by atomic mass is 9.97. The molecule has 2 heterocycles. The number of nitrogens with zero attached hydrogens (tertiary/aromatic N) is 3. The first-order chi connectivity index (χ1) is 15.4. The number of piperidine rings is 1. The molecule has 6 nitrogen and oxygen atoms in total. The molecule has 3 aromatic rings. The van der Waals surface area contributed by atoms with Crippen molar-refractivity contribution in [3.05, 3.63) is 86.7 Å². The van der Waals surface area contributed by atoms with Gasteiger partial charge in [0.1, 0.15) is 5.82 Å². The van der Waals surface area contributed by atoms with Crippen molar-refractivity contribution in [2.45, 2.75) is 33.2 Å². The summed E-state index contributed by atoms with van der Waals surface area (Å²) < 4.78 is 1.36. The molecule has 0 aliphatic carbocycles. The summed E-state index contributed by atoms with van der Waals surface area (Å²) in [7, 11) is 0. The van der Waals surface area contributed by atoms with Gasteiger partial charge in [-0.05, 0) is 56.0 Å². The van der Waals surface area contributed by atoms with Crippen LogP contribution in [0.3, 0.4) is 0 Å². The summed E-state index contributed by atoms with van der Waals surface area (Å²) in [4.78, 5) is 27.3. The van der Waals surface area contributed by atoms with Crippen molar-refractivity contribution in [3.8, 4) is 5.69 Å². The Kier molecular flexibility index (Phi) is 6.61. The molecule has 0 spiro atoms. The molecule has 7 heteroatoms. The van der Waals surface area contributed by atoms with Gasteiger partial charge in [-0.25, -0.2) is 0 Å². The van der Waals surface area contributed by atoms with Crippen LogP contribution in [0, 0.1) is 19.8 Å². The molecule has 1 aromatic heterocycles. The zero-order valence-corrected chi connectivity index (χ0v) is 19.1. The van der Waals surface area contributed by atoms with Gasteiger partial charge >= 0.3 is 0 Å². The highest BCUT2D eigenvalue weighted by atomic mass is 35.5. The molecule has 32 heavy (non-hydrogen) atoms. The number of aryl methyl sites for hydroxylation is 2. The van der Waals surface area contributed by atoms with Crippen LogP contribution in [0.2, 0.25) is 5.02 Å². The minimum absolute atomic E-state index is 0.0508. The molecular weight excluding hydrogens is 424 g/mol. The van der Waals surface area contributed by atoms with Gasteiger partial charge in [-0.3, -0.25) is 9.59 Å². The molecular formula is C25H27ClN4O2. The Balaban J connectivity index is 1.47. The Morgan fingerprint density at radius 2 is 2.00 bits per heavy atom. The first-order valence-electron chi connectivity index (χ1n) is 10.9. The molecule has 0 bridgehead atoms. The molecule has 0 saturated carbocycles. The highest BCUT2D eigenvalue weighted by molar-refractivity contribution is 6.31. The van der Waals surface area contributed by atoms with Gasteiger partial charge in [0.05, 0.1) is 11.6 Å². The second kappa shape index (κ2) is 9.57. The zero-order valence-electron chi connectivity index (χ0n) is 18.3. The molecule has 1 aliphatic heterocycles. The van der Waals surface area contributed by atoms with Crippen LogP contribution in [0.25, 0.3) is 5.69 Å². The van der Waals surface area contributed by atoms with E-state index in [-0.39, 0.29) is 17.4 Å². The number of nitrogens with one attached hydrogen (secondary N) is 1. The first kappa shape index (κ1) is 22.1. The maximum Gasteiger partial charge on any atom is 0.271 e. The summed E-state index contributed by atoms with van der Waals surface area (Å²) >= 11 is 6.24. The minimum atomic E-state index is -0.224. The summed E-state index contributed by atoms with van der Waals surface area (Å²) in [5.41, 5.74) is 3.61. The predicted molar refractivity (Wildman–Crippen MR) is 128 cm³/mol. The van der Waals surface area contributed by atoms with Crippen molar-refractivity contribution in [2.75, 3.05) is 18.0 Å². The van der Waals surface area contributed by atoms with Crippen LogP contribution in [0.4, 0.5) is 5.82 Å². The third-order valence-corrected chi connectivity index (χ3v) is 6.26. The zero-order chi connectivity index (χ0) is 22.7. The summed E-state index contributed by atoms with van der Waals surface area (Å²) in [6.07, 6.45) is 1.73. The summed E-state index contributed by atoms with van der Waals surface area (Å²) in [5.74, 6) is 0.608. The largest absolute Gasteiger partial charge is 0.354 e. The molecule has 4 rings (SSSR count). The number of aromatic nitrogens is 2. The SMILES string of the molecule is Cc1cccc(CNC(=O)[C@H]2CCCN(c3ccc(=O)n(-c4ccc(C)c(Cl)c4)n3)C2)c1. The second-order valence-corrected chi connectivity index (χ2v) is 8.77. The molecule has 0 radical (unpaired) electrons. The van der Waals surface area contributed by atoms with Gasteiger partial charge in [0.25, 0.3) is 5.56 Å². The van der Waals surface area contributed by atoms with Crippen molar-refractivity contribution < 1.29 is 4.79 Å². The quantitative estimate of drug-likeness (QED) is 0.637. The van der Waals surface area contributed by atoms with Gasteiger partial charge in [0.2, 0.25) is 5.91 Å². The van der Waals surface area contributed by atoms with Crippen LogP contribution < -0.4 is 15.8 Å². The van der Waals surface area contributed by atoms with E-state index in [2.05, 4.69) is 21.4 Å². The minimum Gasteiger partial charge on any atom is -0.354 e. The number of hydrogen-bond donors (Lipinski definition) is 1. The summed E-state index contributed by atoms with van der Waals surface area (Å²) in [6.45, 7) is 5.84. The van der Waals surface area contributed by atoms with Crippen molar-refractivity contribution in [1.29, 1.82) is 0 Å². The number of amides is 1. The van der Waals surface area contributed by atoms with Crippen LogP contribution in [-0.2, 0) is 11.3 Å². The van der Waals surface area contributed by atoms with E-state index in [1.807, 2.05) is 44.2 Å². The lowest BCUT2D eigenvalue weighted by Gasteiger charge is -2.33. The number of halogens is 1. The van der Waals surface area contributed by atoms with E-state index < -0.39 is 0 Å². The molecule has 0 unspecified atom stereocenters. The predicted octanol–water partition coefficient (Wildman–Crippen LogP) is 4.04. The van der Waals surface area contributed by atoms with Crippen molar-refractivity contribution >= 4 is 23.3 Å². The van der Waals surface area contributed by atoms with E-state index in [4.69, 9.17) is 11.6 Å². The monoisotopic (exact) mass is 450 g/mol. The Morgan fingerprint density at radius 3 is 2.78 bits per heavy atom. The van der Waals surface area contributed by atoms with Gasteiger partial charge in [0.15, 0.2) is 0 Å². The van der Waals surface area contributed by atoms with Crippen LogP contribution >= 0.6 is 11.6 Å². The van der Waals surface area contributed by atoms with Gasteiger partial charge in [-0.2, -0.15) is 4.68 Å². The number of anilines is 1. The lowest BCUT2D eigenvalue weighted by Crippen LogP contribution is -2.43. The van der Waals surface area contributed by atoms with E-state index >= 15 is 0 Å². The standard InChI is InChI=1S/C25H27ClN4O2/c1-17-5-3-6-19(13-17)15-27-25(32)20-7-4-12-29(16-20)23-10-11-24(31)30(28-23)21-9-8-18(2)22(26)14-21/h3,5-6,8-11,13-14,20H,4,7,12,15-16H2,1-2H3,(H,27,32)/t20-/m0/s1. The van der Waals surface area contributed by atoms with Gasteiger partial charge < -0.3 is 10.2 Å². The fourth-order valence-electron chi connectivity index (χ4n) is 4.02. The van der Waals surface area contributed by atoms with Crippen LogP contribution in [0.1, 0.15) is 29.5 Å². The lowest BCUT2D eigenvalue weighted by molar-refractivity contribution is -0.125. The smallest absolute Gasteiger partial charge is 0.271 e. The normalized spacial score (nSPS) is 16.1. The van der Waals surface area contributed by atoms with E-state index in [1.165, 1.54) is 16.3 Å². The Morgan fingerprint density at radius 1 is 1.16 bits per heavy atom. The van der Waals surface area contributed by atoms with Crippen molar-refractivity contribution in [1.82, 2.24) is 15.1 Å². The molecule has 1 saturated heterocycles. The second-order valence-electron chi connectivity index (χ2n) is 8.37. The highest BCUT2D eigenvalue weighted by Crippen LogP contribution is 2.23. The van der Waals surface area contributed by atoms with E-state index in [1.54, 1.807) is 12.1 Å². The maximum absolute atomic E-state index is 12.8. The van der Waals surface area contributed by atoms with Gasteiger partial charge in [-0.15, -0.1) is 5.10 Å². The molecule has 1 fully saturated rings. The van der Waals surface area contributed by atoms with Crippen LogP contribution in [0.5, 0.6) is 0 Å². The number of carbonyl (C=O) groups is 1. The third-order valence-electron chi connectivity index (χ3n) is 5.85. The van der Waals surface area contributed by atoms with E-state index in [0.29, 0.717) is 29.6 Å². The third kappa shape index (κ3) is 5.02. The molecule has 166 valence electrons. The maximum atomic E-state index is 12.8. The molecule has 1 aliphatic rings. The van der Waals surface area contributed by atoms with Gasteiger partial charge in [-0.1, -0.05) is 47.5 Å². The fraction of sp³-hybridized carbons (Fsp3) is 0.320. The first-order valence-corrected chi connectivity index (χ1v) is 11.2. The Labute approximate surface area is 192 Å². The number of carbonyl (C=O) groups excluding carboxylic acids is 1. The molecule has 1 N–H and O–H groups in total. The number of benzene rings is 2. The highest BCUT2D eigenvalue weighted by Gasteiger charge is 2.27. The summed E-state index contributed by atoms with van der Waals surface area (Å²) in [6, 6.07) is 16.8. The van der Waals surface area contributed by atoms with Crippen LogP contribution in [-0.4, -0.2) is 28.8 Å². The van der Waals surface area contributed by atoms with Crippen molar-refractivity contribution in [2.24, 2.45) is 5.92 Å². The Hall–Kier alpha value is -3.12. The molecule has 1 atom stereocenters. The van der Waals surface area contributed by atoms with E-state index in [9.17, 15) is 9.59 Å². The topological polar surface area (TPSA) is 67.2 Å². The van der Waals surface area contributed by atoms with Crippen LogP contribution in [0.15, 0.2) is 59.4 Å². The van der Waals surface area contributed by atoms with Gasteiger partial charge in [0, 0.05) is 30.7 Å². The Bertz CT molecular complexity index is 1190. The average Bonchev–Trinajstić information content (AvgIpc) is 2.80. The molecule has 1 amide bonds.